The molecule has 1 aromatic heterocycles. The third-order valence-corrected chi connectivity index (χ3v) is 1.99. The molecule has 1 aromatic rings. The van der Waals surface area contributed by atoms with Crippen molar-refractivity contribution in [2.75, 3.05) is 0 Å². The van der Waals surface area contributed by atoms with Gasteiger partial charge in [0.2, 0.25) is 0 Å². The minimum atomic E-state index is -1.28. The Balaban J connectivity index is 0.00000169. The van der Waals surface area contributed by atoms with Crippen molar-refractivity contribution < 1.29 is 66.1 Å². The Morgan fingerprint density at radius 3 is 2.00 bits per heavy atom. The zero-order valence-corrected chi connectivity index (χ0v) is 11.8. The number of carbonyl (C=O) groups is 2. The van der Waals surface area contributed by atoms with E-state index in [-0.39, 0.29) is 62.9 Å². The number of aromatic amines is 1. The van der Waals surface area contributed by atoms with Gasteiger partial charge in [0.25, 0.3) is 0 Å². The van der Waals surface area contributed by atoms with Crippen LogP contribution in [0.25, 0.3) is 0 Å². The first-order chi connectivity index (χ1) is 5.95. The summed E-state index contributed by atoms with van der Waals surface area (Å²) in [5, 5.41) is 10.6. The van der Waals surface area contributed by atoms with E-state index in [1.807, 2.05) is 0 Å². The molecular formula is C9H10KNO3. The van der Waals surface area contributed by atoms with Crippen molar-refractivity contribution >= 4 is 11.8 Å². The number of aromatic nitrogens is 1. The van der Waals surface area contributed by atoms with E-state index >= 15 is 0 Å². The first-order valence-electron chi connectivity index (χ1n) is 3.86. The van der Waals surface area contributed by atoms with Crippen molar-refractivity contribution in [1.29, 1.82) is 0 Å². The summed E-state index contributed by atoms with van der Waals surface area (Å²) in [6, 6.07) is 0. The molecule has 70 valence electrons. The topological polar surface area (TPSA) is 73.0 Å². The van der Waals surface area contributed by atoms with Crippen LogP contribution in [0.4, 0.5) is 0 Å². The van der Waals surface area contributed by atoms with Crippen LogP contribution in [0.15, 0.2) is 0 Å². The van der Waals surface area contributed by atoms with Crippen molar-refractivity contribution in [3.8, 4) is 0 Å². The van der Waals surface area contributed by atoms with E-state index in [0.717, 1.165) is 0 Å². The van der Waals surface area contributed by atoms with Crippen molar-refractivity contribution in [3.63, 3.8) is 0 Å². The molecule has 0 saturated carbocycles. The number of ketones is 1. The van der Waals surface area contributed by atoms with E-state index in [0.29, 0.717) is 16.8 Å². The molecule has 0 saturated heterocycles. The number of carboxylic acids is 1. The fourth-order valence-corrected chi connectivity index (χ4v) is 1.48. The molecule has 1 rings (SSSR count). The Bertz CT molecular complexity index is 382. The number of aryl methyl sites for hydroxylation is 1. The maximum atomic E-state index is 11.1. The Morgan fingerprint density at radius 1 is 1.29 bits per heavy atom. The summed E-state index contributed by atoms with van der Waals surface area (Å²) in [5.74, 6) is -1.42. The molecule has 0 aliphatic heterocycles. The van der Waals surface area contributed by atoms with E-state index in [4.69, 9.17) is 0 Å². The molecule has 0 fully saturated rings. The van der Waals surface area contributed by atoms with Gasteiger partial charge in [0.15, 0.2) is 5.78 Å². The minimum Gasteiger partial charge on any atom is -0.543 e. The number of carboxylic acid groups (broad SMARTS) is 1. The largest absolute Gasteiger partial charge is 1.00 e. The molecular weight excluding hydrogens is 209 g/mol. The second kappa shape index (κ2) is 5.23. The van der Waals surface area contributed by atoms with Gasteiger partial charge in [0.05, 0.1) is 11.7 Å². The first kappa shape index (κ1) is 14.1. The van der Waals surface area contributed by atoms with Crippen molar-refractivity contribution in [3.05, 3.63) is 22.5 Å². The predicted octanol–water partition coefficient (Wildman–Crippen LogP) is -2.80. The molecule has 14 heavy (non-hydrogen) atoms. The van der Waals surface area contributed by atoms with Gasteiger partial charge in [-0.2, -0.15) is 0 Å². The summed E-state index contributed by atoms with van der Waals surface area (Å²) >= 11 is 0. The van der Waals surface area contributed by atoms with Gasteiger partial charge in [0, 0.05) is 11.3 Å². The van der Waals surface area contributed by atoms with Crippen LogP contribution in [0.1, 0.15) is 39.0 Å². The summed E-state index contributed by atoms with van der Waals surface area (Å²) in [5.41, 5.74) is 1.45. The minimum absolute atomic E-state index is 0. The molecule has 0 spiro atoms. The van der Waals surface area contributed by atoms with Gasteiger partial charge in [-0.3, -0.25) is 4.79 Å². The van der Waals surface area contributed by atoms with Crippen molar-refractivity contribution in [2.24, 2.45) is 0 Å². The first-order valence-corrected chi connectivity index (χ1v) is 3.86. The molecule has 1 N–H and O–H groups in total. The SMILES string of the molecule is CC(=O)c1c(C)[nH]c(C(=O)[O-])c1C.[K+]. The fraction of sp³-hybridized carbons (Fsp3) is 0.333. The number of nitrogens with one attached hydrogen (secondary N) is 1. The smallest absolute Gasteiger partial charge is 0.543 e. The van der Waals surface area contributed by atoms with Gasteiger partial charge < -0.3 is 14.9 Å². The summed E-state index contributed by atoms with van der Waals surface area (Å²) < 4.78 is 0. The maximum absolute atomic E-state index is 11.1. The molecule has 0 aromatic carbocycles. The average Bonchev–Trinajstić information content (AvgIpc) is 2.26. The maximum Gasteiger partial charge on any atom is 1.00 e. The number of rotatable bonds is 2. The zero-order chi connectivity index (χ0) is 10.2. The average molecular weight is 219 g/mol. The fourth-order valence-electron chi connectivity index (χ4n) is 1.48. The number of carbonyl (C=O) groups excluding carboxylic acids is 2. The zero-order valence-electron chi connectivity index (χ0n) is 8.72. The molecule has 0 aliphatic rings. The molecule has 1 heterocycles. The third-order valence-electron chi connectivity index (χ3n) is 1.99. The third kappa shape index (κ3) is 2.55. The Morgan fingerprint density at radius 2 is 1.79 bits per heavy atom. The van der Waals surface area contributed by atoms with Crippen molar-refractivity contribution in [2.45, 2.75) is 20.8 Å². The number of Topliss-reactive ketones (excluding diaryl/α,β-unsaturated/α-hetero) is 1. The number of H-pyrrole nitrogens is 1. The number of aromatic carboxylic acids is 1. The second-order valence-corrected chi connectivity index (χ2v) is 2.97. The molecule has 0 radical (unpaired) electrons. The van der Waals surface area contributed by atoms with E-state index in [2.05, 4.69) is 4.98 Å². The van der Waals surface area contributed by atoms with E-state index in [1.54, 1.807) is 13.8 Å². The Hall–Kier alpha value is 0.0564. The van der Waals surface area contributed by atoms with Crippen molar-refractivity contribution in [1.82, 2.24) is 4.98 Å². The van der Waals surface area contributed by atoms with Crippen LogP contribution in [-0.4, -0.2) is 16.7 Å². The summed E-state index contributed by atoms with van der Waals surface area (Å²) in [4.78, 5) is 24.3. The molecule has 0 amide bonds. The van der Waals surface area contributed by atoms with Gasteiger partial charge in [-0.1, -0.05) is 0 Å². The van der Waals surface area contributed by atoms with E-state index in [1.165, 1.54) is 6.92 Å². The van der Waals surface area contributed by atoms with E-state index in [9.17, 15) is 14.7 Å². The van der Waals surface area contributed by atoms with Crippen LogP contribution in [-0.2, 0) is 0 Å². The van der Waals surface area contributed by atoms with Gasteiger partial charge in [-0.25, -0.2) is 0 Å². The Kier molecular flexibility index (Phi) is 5.25. The van der Waals surface area contributed by atoms with Gasteiger partial charge in [-0.15, -0.1) is 0 Å². The molecule has 0 aliphatic carbocycles. The molecule has 5 heteroatoms. The molecule has 4 nitrogen and oxygen atoms in total. The van der Waals surface area contributed by atoms with Gasteiger partial charge >= 0.3 is 51.4 Å². The van der Waals surface area contributed by atoms with Crippen LogP contribution < -0.4 is 56.5 Å². The normalized spacial score (nSPS) is 9.36. The van der Waals surface area contributed by atoms with Gasteiger partial charge in [-0.05, 0) is 26.3 Å². The summed E-state index contributed by atoms with van der Waals surface area (Å²) in [6.45, 7) is 4.66. The van der Waals surface area contributed by atoms with Crippen LogP contribution in [0.3, 0.4) is 0 Å². The van der Waals surface area contributed by atoms with Crippen LogP contribution >= 0.6 is 0 Å². The monoisotopic (exact) mass is 219 g/mol. The van der Waals surface area contributed by atoms with Gasteiger partial charge in [0.1, 0.15) is 0 Å². The van der Waals surface area contributed by atoms with Crippen LogP contribution in [0.5, 0.6) is 0 Å². The number of hydrogen-bond donors (Lipinski definition) is 1. The number of hydrogen-bond acceptors (Lipinski definition) is 3. The predicted molar refractivity (Wildman–Crippen MR) is 44.6 cm³/mol. The Labute approximate surface area is 125 Å². The quantitative estimate of drug-likeness (QED) is 0.431. The molecule has 0 unspecified atom stereocenters. The van der Waals surface area contributed by atoms with E-state index < -0.39 is 5.97 Å². The standard InChI is InChI=1S/C9H11NO3.K/c1-4-7(6(3)11)5(2)10-8(4)9(12)13;/h10H,1-3H3,(H,12,13);/q;+1/p-1. The second-order valence-electron chi connectivity index (χ2n) is 2.97. The molecule has 0 bridgehead atoms. The molecule has 0 atom stereocenters. The summed E-state index contributed by atoms with van der Waals surface area (Å²) in [7, 11) is 0. The van der Waals surface area contributed by atoms with Crippen LogP contribution in [0.2, 0.25) is 0 Å². The summed E-state index contributed by atoms with van der Waals surface area (Å²) in [6.07, 6.45) is 0. The van der Waals surface area contributed by atoms with Crippen LogP contribution in [0, 0.1) is 13.8 Å².